The minimum absolute atomic E-state index is 0.157. The van der Waals surface area contributed by atoms with Crippen molar-refractivity contribution in [3.05, 3.63) is 94.6 Å². The lowest BCUT2D eigenvalue weighted by molar-refractivity contribution is -0.113. The Labute approximate surface area is 193 Å². The van der Waals surface area contributed by atoms with Crippen LogP contribution in [0.3, 0.4) is 0 Å². The van der Waals surface area contributed by atoms with E-state index in [1.807, 2.05) is 6.07 Å². The van der Waals surface area contributed by atoms with E-state index in [9.17, 15) is 14.0 Å². The number of carbonyl (C=O) groups excluding carboxylic acids is 2. The number of thiocarbonyl (C=S) groups is 1. The fourth-order valence-electron chi connectivity index (χ4n) is 3.10. The van der Waals surface area contributed by atoms with E-state index in [1.165, 1.54) is 42.0 Å². The molecular formula is C24H16FNO4S2. The number of hydrogen-bond donors (Lipinski definition) is 0. The van der Waals surface area contributed by atoms with E-state index in [1.54, 1.807) is 54.6 Å². The first kappa shape index (κ1) is 21.7. The number of benzene rings is 3. The topological polar surface area (TPSA) is 55.8 Å². The van der Waals surface area contributed by atoms with Crippen molar-refractivity contribution in [3.8, 4) is 11.5 Å². The van der Waals surface area contributed by atoms with Gasteiger partial charge in [-0.05, 0) is 48.0 Å². The summed E-state index contributed by atoms with van der Waals surface area (Å²) in [5.74, 6) is -0.978. The van der Waals surface area contributed by atoms with Crippen LogP contribution >= 0.6 is 24.0 Å². The minimum atomic E-state index is -0.803. The quantitative estimate of drug-likeness (QED) is 0.216. The van der Waals surface area contributed by atoms with Crippen molar-refractivity contribution in [3.63, 3.8) is 0 Å². The average molecular weight is 466 g/mol. The van der Waals surface area contributed by atoms with Gasteiger partial charge in [0.1, 0.15) is 17.3 Å². The van der Waals surface area contributed by atoms with Crippen LogP contribution in [0.2, 0.25) is 0 Å². The zero-order valence-corrected chi connectivity index (χ0v) is 18.4. The molecular weight excluding hydrogens is 449 g/mol. The predicted octanol–water partition coefficient (Wildman–Crippen LogP) is 5.46. The number of nitrogens with zero attached hydrogens (tertiary/aromatic N) is 1. The first-order chi connectivity index (χ1) is 15.5. The van der Waals surface area contributed by atoms with Crippen LogP contribution in [0.4, 0.5) is 10.1 Å². The van der Waals surface area contributed by atoms with Crippen LogP contribution in [0.25, 0.3) is 6.08 Å². The monoisotopic (exact) mass is 465 g/mol. The van der Waals surface area contributed by atoms with Gasteiger partial charge in [-0.3, -0.25) is 9.69 Å². The van der Waals surface area contributed by atoms with Crippen molar-refractivity contribution < 1.29 is 23.5 Å². The molecule has 0 saturated carbocycles. The Kier molecular flexibility index (Phi) is 6.34. The second-order valence-electron chi connectivity index (χ2n) is 6.63. The third-order valence-electron chi connectivity index (χ3n) is 4.58. The third kappa shape index (κ3) is 4.42. The molecule has 0 aromatic heterocycles. The van der Waals surface area contributed by atoms with Gasteiger partial charge in [0, 0.05) is 0 Å². The Hall–Kier alpha value is -3.49. The summed E-state index contributed by atoms with van der Waals surface area (Å²) in [4.78, 5) is 27.2. The normalized spacial score (nSPS) is 14.7. The summed E-state index contributed by atoms with van der Waals surface area (Å²) < 4.78 is 24.9. The predicted molar refractivity (Wildman–Crippen MR) is 126 cm³/mol. The SMILES string of the molecule is COc1ccccc1N1C(=O)C(=Cc2cccc(OC(=O)c3ccccc3F)c2)SC1=S. The van der Waals surface area contributed by atoms with Gasteiger partial charge in [0.15, 0.2) is 4.32 Å². The molecule has 4 rings (SSSR count). The molecule has 1 fully saturated rings. The molecule has 8 heteroatoms. The molecule has 0 spiro atoms. The molecule has 160 valence electrons. The largest absolute Gasteiger partial charge is 0.495 e. The summed E-state index contributed by atoms with van der Waals surface area (Å²) in [7, 11) is 1.53. The Morgan fingerprint density at radius 2 is 1.81 bits per heavy atom. The molecule has 3 aromatic rings. The number of amides is 1. The van der Waals surface area contributed by atoms with E-state index in [0.29, 0.717) is 26.2 Å². The van der Waals surface area contributed by atoms with Gasteiger partial charge in [-0.2, -0.15) is 0 Å². The Bertz CT molecular complexity index is 1260. The number of carbonyl (C=O) groups is 2. The van der Waals surface area contributed by atoms with Crippen molar-refractivity contribution in [1.29, 1.82) is 0 Å². The Morgan fingerprint density at radius 1 is 1.06 bits per heavy atom. The highest BCUT2D eigenvalue weighted by molar-refractivity contribution is 8.27. The molecule has 0 N–H and O–H groups in total. The molecule has 3 aromatic carbocycles. The molecule has 0 atom stereocenters. The maximum atomic E-state index is 13.8. The van der Waals surface area contributed by atoms with Gasteiger partial charge in [0.25, 0.3) is 5.91 Å². The Balaban J connectivity index is 1.57. The maximum Gasteiger partial charge on any atom is 0.346 e. The lowest BCUT2D eigenvalue weighted by Gasteiger charge is -2.17. The molecule has 1 aliphatic rings. The Morgan fingerprint density at radius 3 is 2.59 bits per heavy atom. The second-order valence-corrected chi connectivity index (χ2v) is 8.31. The number of ether oxygens (including phenoxy) is 2. The molecule has 1 aliphatic heterocycles. The molecule has 0 bridgehead atoms. The number of halogens is 1. The molecule has 1 saturated heterocycles. The van der Waals surface area contributed by atoms with E-state index < -0.39 is 11.8 Å². The van der Waals surface area contributed by atoms with E-state index in [4.69, 9.17) is 21.7 Å². The summed E-state index contributed by atoms with van der Waals surface area (Å²) in [6.45, 7) is 0. The highest BCUT2D eigenvalue weighted by atomic mass is 32.2. The summed E-state index contributed by atoms with van der Waals surface area (Å²) in [5, 5.41) is 0. The first-order valence-electron chi connectivity index (χ1n) is 9.45. The zero-order chi connectivity index (χ0) is 22.7. The summed E-state index contributed by atoms with van der Waals surface area (Å²) in [5.41, 5.74) is 1.04. The summed E-state index contributed by atoms with van der Waals surface area (Å²) in [6.07, 6.45) is 1.66. The van der Waals surface area contributed by atoms with Gasteiger partial charge in [-0.15, -0.1) is 0 Å². The van der Waals surface area contributed by atoms with Crippen LogP contribution in [-0.2, 0) is 4.79 Å². The summed E-state index contributed by atoms with van der Waals surface area (Å²) in [6, 6.07) is 19.3. The van der Waals surface area contributed by atoms with Gasteiger partial charge in [0.2, 0.25) is 0 Å². The molecule has 1 heterocycles. The number of para-hydroxylation sites is 2. The lowest BCUT2D eigenvalue weighted by Crippen LogP contribution is -2.27. The first-order valence-corrected chi connectivity index (χ1v) is 10.7. The number of rotatable bonds is 5. The minimum Gasteiger partial charge on any atom is -0.495 e. The van der Waals surface area contributed by atoms with Crippen molar-refractivity contribution in [2.75, 3.05) is 12.0 Å². The number of methoxy groups -OCH3 is 1. The van der Waals surface area contributed by atoms with Crippen LogP contribution < -0.4 is 14.4 Å². The van der Waals surface area contributed by atoms with Crippen LogP contribution in [0, 0.1) is 5.82 Å². The zero-order valence-electron chi connectivity index (χ0n) is 16.8. The van der Waals surface area contributed by atoms with Crippen molar-refractivity contribution in [2.45, 2.75) is 0 Å². The highest BCUT2D eigenvalue weighted by Crippen LogP contribution is 2.39. The summed E-state index contributed by atoms with van der Waals surface area (Å²) >= 11 is 6.58. The highest BCUT2D eigenvalue weighted by Gasteiger charge is 2.34. The number of thioether (sulfide) groups is 1. The number of anilines is 1. The van der Waals surface area contributed by atoms with Crippen molar-refractivity contribution >= 4 is 51.9 Å². The lowest BCUT2D eigenvalue weighted by atomic mass is 10.2. The van der Waals surface area contributed by atoms with Crippen molar-refractivity contribution in [1.82, 2.24) is 0 Å². The molecule has 0 unspecified atom stereocenters. The molecule has 0 aliphatic carbocycles. The molecule has 1 amide bonds. The van der Waals surface area contributed by atoms with Gasteiger partial charge in [0.05, 0.1) is 23.3 Å². The van der Waals surface area contributed by atoms with Crippen molar-refractivity contribution in [2.24, 2.45) is 0 Å². The number of esters is 1. The molecule has 0 radical (unpaired) electrons. The average Bonchev–Trinajstić information content (AvgIpc) is 3.06. The van der Waals surface area contributed by atoms with E-state index in [0.717, 1.165) is 0 Å². The standard InChI is InChI=1S/C24H16FNO4S2/c1-29-20-12-5-4-11-19(20)26-22(27)21(32-24(26)31)14-15-7-6-8-16(13-15)30-23(28)17-9-2-3-10-18(17)25/h2-14H,1H3. The van der Waals surface area contributed by atoms with Gasteiger partial charge < -0.3 is 9.47 Å². The van der Waals surface area contributed by atoms with E-state index in [-0.39, 0.29) is 17.2 Å². The van der Waals surface area contributed by atoms with Crippen LogP contribution in [-0.4, -0.2) is 23.3 Å². The van der Waals surface area contributed by atoms with Crippen LogP contribution in [0.15, 0.2) is 77.7 Å². The number of hydrogen-bond acceptors (Lipinski definition) is 6. The third-order valence-corrected chi connectivity index (χ3v) is 5.88. The van der Waals surface area contributed by atoms with Gasteiger partial charge >= 0.3 is 5.97 Å². The van der Waals surface area contributed by atoms with Gasteiger partial charge in [-0.1, -0.05) is 60.4 Å². The molecule has 32 heavy (non-hydrogen) atoms. The molecule has 5 nitrogen and oxygen atoms in total. The fraction of sp³-hybridized carbons (Fsp3) is 0.0417. The smallest absolute Gasteiger partial charge is 0.346 e. The fourth-order valence-corrected chi connectivity index (χ4v) is 4.38. The second kappa shape index (κ2) is 9.33. The van der Waals surface area contributed by atoms with Crippen LogP contribution in [0.5, 0.6) is 11.5 Å². The van der Waals surface area contributed by atoms with E-state index >= 15 is 0 Å². The van der Waals surface area contributed by atoms with Gasteiger partial charge in [-0.25, -0.2) is 9.18 Å². The van der Waals surface area contributed by atoms with Crippen LogP contribution in [0.1, 0.15) is 15.9 Å². The van der Waals surface area contributed by atoms with E-state index in [2.05, 4.69) is 0 Å². The maximum absolute atomic E-state index is 13.8.